The van der Waals surface area contributed by atoms with E-state index in [9.17, 15) is 0 Å². The summed E-state index contributed by atoms with van der Waals surface area (Å²) < 4.78 is 16.4. The lowest BCUT2D eigenvalue weighted by atomic mass is 9.92. The first-order valence-corrected chi connectivity index (χ1v) is 6.72. The van der Waals surface area contributed by atoms with Gasteiger partial charge in [-0.05, 0) is 35.1 Å². The van der Waals surface area contributed by atoms with E-state index in [1.807, 2.05) is 6.07 Å². The predicted octanol–water partition coefficient (Wildman–Crippen LogP) is 4.66. The molecule has 0 N–H and O–H groups in total. The predicted molar refractivity (Wildman–Crippen MR) is 76.9 cm³/mol. The number of methoxy groups -OCH3 is 1. The molecule has 104 valence electrons. The molecule has 1 aromatic heterocycles. The third-order valence-electron chi connectivity index (χ3n) is 3.31. The van der Waals surface area contributed by atoms with E-state index in [2.05, 4.69) is 33.8 Å². The molecule has 0 bridgehead atoms. The lowest BCUT2D eigenvalue weighted by molar-refractivity contribution is 0.0514. The molecular formula is C16H22O3. The molecule has 19 heavy (non-hydrogen) atoms. The number of rotatable bonds is 5. The Morgan fingerprint density at radius 1 is 1.11 bits per heavy atom. The highest BCUT2D eigenvalue weighted by Crippen LogP contribution is 2.39. The Morgan fingerprint density at radius 3 is 2.37 bits per heavy atom. The van der Waals surface area contributed by atoms with Crippen molar-refractivity contribution in [1.29, 1.82) is 0 Å². The van der Waals surface area contributed by atoms with Gasteiger partial charge in [0.1, 0.15) is 11.3 Å². The summed E-state index contributed by atoms with van der Waals surface area (Å²) in [5, 5.41) is 1.03. The van der Waals surface area contributed by atoms with Crippen LogP contribution in [0.25, 0.3) is 11.0 Å². The van der Waals surface area contributed by atoms with Crippen molar-refractivity contribution in [2.24, 2.45) is 0 Å². The number of hydrogen-bond donors (Lipinski definition) is 0. The van der Waals surface area contributed by atoms with Gasteiger partial charge in [0.15, 0.2) is 6.79 Å². The van der Waals surface area contributed by atoms with Gasteiger partial charge in [0.2, 0.25) is 0 Å². The van der Waals surface area contributed by atoms with E-state index in [-0.39, 0.29) is 6.79 Å². The second kappa shape index (κ2) is 5.66. The molecule has 3 nitrogen and oxygen atoms in total. The number of ether oxygens (including phenoxy) is 2. The third-order valence-corrected chi connectivity index (χ3v) is 3.31. The molecule has 0 unspecified atom stereocenters. The molecule has 1 heterocycles. The van der Waals surface area contributed by atoms with Gasteiger partial charge in [0.25, 0.3) is 0 Å². The number of furan rings is 1. The zero-order valence-electron chi connectivity index (χ0n) is 12.3. The average Bonchev–Trinajstić information content (AvgIpc) is 2.83. The summed E-state index contributed by atoms with van der Waals surface area (Å²) in [5.41, 5.74) is 3.36. The summed E-state index contributed by atoms with van der Waals surface area (Å²) in [5.74, 6) is 1.69. The molecule has 0 amide bonds. The van der Waals surface area contributed by atoms with Gasteiger partial charge in [-0.15, -0.1) is 0 Å². The number of benzene rings is 1. The molecule has 0 aliphatic rings. The van der Waals surface area contributed by atoms with Crippen LogP contribution in [0.3, 0.4) is 0 Å². The average molecular weight is 262 g/mol. The maximum absolute atomic E-state index is 5.77. The maximum atomic E-state index is 5.77. The normalized spacial score (nSPS) is 11.7. The van der Waals surface area contributed by atoms with Crippen LogP contribution < -0.4 is 4.74 Å². The van der Waals surface area contributed by atoms with E-state index in [0.717, 1.165) is 16.7 Å². The van der Waals surface area contributed by atoms with E-state index in [0.29, 0.717) is 11.8 Å². The van der Waals surface area contributed by atoms with Gasteiger partial charge in [-0.1, -0.05) is 27.7 Å². The number of hydrogen-bond acceptors (Lipinski definition) is 3. The molecule has 0 atom stereocenters. The van der Waals surface area contributed by atoms with Gasteiger partial charge < -0.3 is 13.9 Å². The van der Waals surface area contributed by atoms with Crippen molar-refractivity contribution in [3.63, 3.8) is 0 Å². The van der Waals surface area contributed by atoms with Crippen LogP contribution in [0.1, 0.15) is 50.7 Å². The van der Waals surface area contributed by atoms with Crippen LogP contribution in [-0.4, -0.2) is 13.9 Å². The largest absolute Gasteiger partial charge is 0.466 e. The Hall–Kier alpha value is -1.48. The van der Waals surface area contributed by atoms with E-state index < -0.39 is 0 Å². The first-order valence-electron chi connectivity index (χ1n) is 6.72. The fraction of sp³-hybridized carbons (Fsp3) is 0.500. The minimum atomic E-state index is 0.251. The van der Waals surface area contributed by atoms with E-state index in [1.165, 1.54) is 11.1 Å². The summed E-state index contributed by atoms with van der Waals surface area (Å²) in [6.07, 6.45) is 1.72. The Morgan fingerprint density at radius 2 is 1.79 bits per heavy atom. The fourth-order valence-corrected chi connectivity index (χ4v) is 2.30. The molecule has 0 saturated heterocycles. The SMILES string of the molecule is COCOc1c(C(C)C)cc(C(C)C)c2occc12. The van der Waals surface area contributed by atoms with Crippen LogP contribution in [0.4, 0.5) is 0 Å². The Balaban J connectivity index is 2.66. The molecule has 0 radical (unpaired) electrons. The van der Waals surface area contributed by atoms with Crippen LogP contribution >= 0.6 is 0 Å². The van der Waals surface area contributed by atoms with Crippen molar-refractivity contribution in [1.82, 2.24) is 0 Å². The molecule has 0 saturated carbocycles. The topological polar surface area (TPSA) is 31.6 Å². The van der Waals surface area contributed by atoms with Crippen molar-refractivity contribution in [3.05, 3.63) is 29.5 Å². The van der Waals surface area contributed by atoms with Crippen molar-refractivity contribution in [3.8, 4) is 5.75 Å². The van der Waals surface area contributed by atoms with Crippen LogP contribution in [0.15, 0.2) is 22.8 Å². The van der Waals surface area contributed by atoms with Crippen molar-refractivity contribution in [2.45, 2.75) is 39.5 Å². The lowest BCUT2D eigenvalue weighted by Crippen LogP contribution is -2.04. The van der Waals surface area contributed by atoms with Crippen LogP contribution in [0.2, 0.25) is 0 Å². The Bertz CT molecular complexity index is 552. The summed E-state index contributed by atoms with van der Waals surface area (Å²) in [7, 11) is 1.63. The molecule has 2 rings (SSSR count). The fourth-order valence-electron chi connectivity index (χ4n) is 2.30. The van der Waals surface area contributed by atoms with E-state index >= 15 is 0 Å². The molecule has 0 fully saturated rings. The van der Waals surface area contributed by atoms with Crippen molar-refractivity contribution >= 4 is 11.0 Å². The van der Waals surface area contributed by atoms with Gasteiger partial charge in [-0.25, -0.2) is 0 Å². The molecule has 0 aliphatic heterocycles. The third kappa shape index (κ3) is 2.61. The second-order valence-electron chi connectivity index (χ2n) is 5.41. The summed E-state index contributed by atoms with van der Waals surface area (Å²) in [6, 6.07) is 4.17. The van der Waals surface area contributed by atoms with Gasteiger partial charge >= 0.3 is 0 Å². The molecule has 0 aliphatic carbocycles. The van der Waals surface area contributed by atoms with Crippen molar-refractivity contribution in [2.75, 3.05) is 13.9 Å². The minimum Gasteiger partial charge on any atom is -0.466 e. The summed E-state index contributed by atoms with van der Waals surface area (Å²) >= 11 is 0. The van der Waals surface area contributed by atoms with Gasteiger partial charge in [-0.3, -0.25) is 0 Å². The van der Waals surface area contributed by atoms with Crippen LogP contribution in [0.5, 0.6) is 5.75 Å². The van der Waals surface area contributed by atoms with E-state index in [1.54, 1.807) is 13.4 Å². The van der Waals surface area contributed by atoms with Gasteiger partial charge in [-0.2, -0.15) is 0 Å². The molecule has 3 heteroatoms. The van der Waals surface area contributed by atoms with Gasteiger partial charge in [0.05, 0.1) is 11.6 Å². The molecular weight excluding hydrogens is 240 g/mol. The van der Waals surface area contributed by atoms with Crippen LogP contribution in [-0.2, 0) is 4.74 Å². The standard InChI is InChI=1S/C16H22O3/c1-10(2)13-8-14(11(3)4)16(19-9-17-5)12-6-7-18-15(12)13/h6-8,10-11H,9H2,1-5H3. The zero-order chi connectivity index (χ0) is 14.0. The Labute approximate surface area is 114 Å². The maximum Gasteiger partial charge on any atom is 0.188 e. The first kappa shape index (κ1) is 13.9. The quantitative estimate of drug-likeness (QED) is 0.734. The highest BCUT2D eigenvalue weighted by molar-refractivity contribution is 5.88. The second-order valence-corrected chi connectivity index (χ2v) is 5.41. The highest BCUT2D eigenvalue weighted by atomic mass is 16.7. The lowest BCUT2D eigenvalue weighted by Gasteiger charge is -2.18. The van der Waals surface area contributed by atoms with E-state index in [4.69, 9.17) is 13.9 Å². The monoisotopic (exact) mass is 262 g/mol. The van der Waals surface area contributed by atoms with Crippen LogP contribution in [0, 0.1) is 0 Å². The first-order chi connectivity index (χ1) is 9.06. The smallest absolute Gasteiger partial charge is 0.188 e. The molecule has 1 aromatic carbocycles. The van der Waals surface area contributed by atoms with Gasteiger partial charge in [0, 0.05) is 7.11 Å². The summed E-state index contributed by atoms with van der Waals surface area (Å²) in [4.78, 5) is 0. The number of fused-ring (bicyclic) bond motifs is 1. The minimum absolute atomic E-state index is 0.251. The molecule has 0 spiro atoms. The Kier molecular flexibility index (Phi) is 4.15. The highest BCUT2D eigenvalue weighted by Gasteiger charge is 2.19. The molecule has 2 aromatic rings. The summed E-state index contributed by atoms with van der Waals surface area (Å²) in [6.45, 7) is 8.95. The zero-order valence-corrected chi connectivity index (χ0v) is 12.3. The van der Waals surface area contributed by atoms with Crippen molar-refractivity contribution < 1.29 is 13.9 Å².